The van der Waals surface area contributed by atoms with Gasteiger partial charge in [-0.2, -0.15) is 0 Å². The third-order valence-corrected chi connectivity index (χ3v) is 4.92. The Morgan fingerprint density at radius 3 is 2.53 bits per heavy atom. The molecule has 0 atom stereocenters. The number of rotatable bonds is 6. The van der Waals surface area contributed by atoms with Gasteiger partial charge in [-0.15, -0.1) is 0 Å². The lowest BCUT2D eigenvalue weighted by Crippen LogP contribution is -2.25. The first-order chi connectivity index (χ1) is 14.5. The van der Waals surface area contributed by atoms with Gasteiger partial charge >= 0.3 is 0 Å². The van der Waals surface area contributed by atoms with E-state index in [9.17, 15) is 9.59 Å². The number of carbonyl (C=O) groups excluding carboxylic acids is 2. The molecule has 1 aromatic heterocycles. The lowest BCUT2D eigenvalue weighted by atomic mass is 10.1. The zero-order valence-electron chi connectivity index (χ0n) is 16.9. The van der Waals surface area contributed by atoms with Gasteiger partial charge in [-0.05, 0) is 68.7 Å². The van der Waals surface area contributed by atoms with Crippen molar-refractivity contribution < 1.29 is 14.0 Å². The average Bonchev–Trinajstić information content (AvgIpc) is 3.49. The summed E-state index contributed by atoms with van der Waals surface area (Å²) in [6, 6.07) is 14.9. The highest BCUT2D eigenvalue weighted by molar-refractivity contribution is 6.02. The Morgan fingerprint density at radius 1 is 1.10 bits per heavy atom. The molecule has 0 bridgehead atoms. The van der Waals surface area contributed by atoms with Gasteiger partial charge in [-0.1, -0.05) is 18.2 Å². The molecule has 1 aliphatic rings. The summed E-state index contributed by atoms with van der Waals surface area (Å²) in [5.74, 6) is 1.01. The van der Waals surface area contributed by atoms with Gasteiger partial charge in [-0.25, -0.2) is 4.98 Å². The number of oxazole rings is 1. The molecule has 30 heavy (non-hydrogen) atoms. The van der Waals surface area contributed by atoms with Gasteiger partial charge in [0.05, 0.1) is 5.69 Å². The summed E-state index contributed by atoms with van der Waals surface area (Å²) in [5.41, 5.74) is 3.76. The maximum absolute atomic E-state index is 12.3. The van der Waals surface area contributed by atoms with Gasteiger partial charge in [0.15, 0.2) is 0 Å². The maximum Gasteiger partial charge on any atom is 0.251 e. The quantitative estimate of drug-likeness (QED) is 0.596. The molecule has 2 aromatic carbocycles. The van der Waals surface area contributed by atoms with Crippen LogP contribution in [0.3, 0.4) is 0 Å². The third kappa shape index (κ3) is 4.84. The van der Waals surface area contributed by atoms with Gasteiger partial charge in [0.2, 0.25) is 11.8 Å². The predicted octanol–water partition coefficient (Wildman–Crippen LogP) is 4.50. The number of hydrogen-bond acceptors (Lipinski definition) is 4. The molecular formula is C24H23N3O3. The minimum Gasteiger partial charge on any atom is -0.441 e. The molecule has 1 aliphatic carbocycles. The van der Waals surface area contributed by atoms with Crippen molar-refractivity contribution in [2.75, 3.05) is 5.32 Å². The molecule has 1 fully saturated rings. The fourth-order valence-electron chi connectivity index (χ4n) is 2.92. The SMILES string of the molecule is Cc1nc(-c2cccc(NC(=O)/C=C/c3ccc(C(=O)NC4CC4)cc3)c2)oc1C. The molecule has 3 aromatic rings. The van der Waals surface area contributed by atoms with Crippen LogP contribution in [-0.4, -0.2) is 22.8 Å². The molecule has 0 unspecified atom stereocenters. The van der Waals surface area contributed by atoms with Crippen LogP contribution in [0.5, 0.6) is 0 Å². The van der Waals surface area contributed by atoms with Crippen LogP contribution in [-0.2, 0) is 4.79 Å². The highest BCUT2D eigenvalue weighted by Crippen LogP contribution is 2.24. The van der Waals surface area contributed by atoms with Crippen LogP contribution in [0.25, 0.3) is 17.5 Å². The number of carbonyl (C=O) groups is 2. The predicted molar refractivity (Wildman–Crippen MR) is 116 cm³/mol. The minimum atomic E-state index is -0.248. The number of hydrogen-bond donors (Lipinski definition) is 2. The summed E-state index contributed by atoms with van der Waals surface area (Å²) in [7, 11) is 0. The average molecular weight is 401 g/mol. The minimum absolute atomic E-state index is 0.0536. The Bertz CT molecular complexity index is 1090. The van der Waals surface area contributed by atoms with E-state index in [1.54, 1.807) is 18.2 Å². The lowest BCUT2D eigenvalue weighted by Gasteiger charge is -2.04. The van der Waals surface area contributed by atoms with Crippen molar-refractivity contribution in [1.29, 1.82) is 0 Å². The Kier molecular flexibility index (Phi) is 5.48. The summed E-state index contributed by atoms with van der Waals surface area (Å²) < 4.78 is 5.65. The number of amides is 2. The van der Waals surface area contributed by atoms with E-state index in [0.717, 1.165) is 35.4 Å². The van der Waals surface area contributed by atoms with Crippen molar-refractivity contribution in [3.8, 4) is 11.5 Å². The van der Waals surface area contributed by atoms with E-state index in [4.69, 9.17) is 4.42 Å². The molecule has 152 valence electrons. The van der Waals surface area contributed by atoms with Gasteiger partial charge in [0, 0.05) is 28.9 Å². The molecule has 6 heteroatoms. The first-order valence-corrected chi connectivity index (χ1v) is 9.92. The fourth-order valence-corrected chi connectivity index (χ4v) is 2.92. The molecule has 4 rings (SSSR count). The molecule has 2 N–H and O–H groups in total. The summed E-state index contributed by atoms with van der Waals surface area (Å²) in [4.78, 5) is 28.7. The second kappa shape index (κ2) is 8.37. The van der Waals surface area contributed by atoms with Crippen molar-refractivity contribution in [3.63, 3.8) is 0 Å². The summed E-state index contributed by atoms with van der Waals surface area (Å²) in [6.45, 7) is 3.76. The van der Waals surface area contributed by atoms with Gasteiger partial charge in [-0.3, -0.25) is 9.59 Å². The van der Waals surface area contributed by atoms with Crippen molar-refractivity contribution in [3.05, 3.63) is 77.2 Å². The number of aryl methyl sites for hydroxylation is 2. The van der Waals surface area contributed by atoms with E-state index in [0.29, 0.717) is 23.2 Å². The largest absolute Gasteiger partial charge is 0.441 e. The van der Waals surface area contributed by atoms with E-state index in [-0.39, 0.29) is 11.8 Å². The van der Waals surface area contributed by atoms with E-state index in [1.165, 1.54) is 6.08 Å². The van der Waals surface area contributed by atoms with Crippen LogP contribution in [0.4, 0.5) is 5.69 Å². The first kappa shape index (κ1) is 19.6. The van der Waals surface area contributed by atoms with E-state index >= 15 is 0 Å². The molecule has 2 amide bonds. The molecule has 1 heterocycles. The number of benzene rings is 2. The monoisotopic (exact) mass is 401 g/mol. The summed E-state index contributed by atoms with van der Waals surface area (Å²) in [6.07, 6.45) is 5.29. The second-order valence-electron chi connectivity index (χ2n) is 7.43. The normalized spacial score (nSPS) is 13.4. The highest BCUT2D eigenvalue weighted by Gasteiger charge is 2.23. The van der Waals surface area contributed by atoms with Gasteiger partial charge < -0.3 is 15.1 Å². The second-order valence-corrected chi connectivity index (χ2v) is 7.43. The number of nitrogens with one attached hydrogen (secondary N) is 2. The van der Waals surface area contributed by atoms with Crippen LogP contribution in [0.15, 0.2) is 59.0 Å². The lowest BCUT2D eigenvalue weighted by molar-refractivity contribution is -0.111. The molecule has 0 radical (unpaired) electrons. The number of anilines is 1. The van der Waals surface area contributed by atoms with E-state index < -0.39 is 0 Å². The van der Waals surface area contributed by atoms with Gasteiger partial charge in [0.1, 0.15) is 5.76 Å². The maximum atomic E-state index is 12.3. The molecule has 0 saturated heterocycles. The van der Waals surface area contributed by atoms with Crippen molar-refractivity contribution in [1.82, 2.24) is 10.3 Å². The highest BCUT2D eigenvalue weighted by atomic mass is 16.4. The summed E-state index contributed by atoms with van der Waals surface area (Å²) in [5, 5.41) is 5.80. The van der Waals surface area contributed by atoms with Crippen molar-refractivity contribution >= 4 is 23.6 Å². The molecule has 0 spiro atoms. The zero-order chi connectivity index (χ0) is 21.1. The topological polar surface area (TPSA) is 84.2 Å². The van der Waals surface area contributed by atoms with E-state index in [2.05, 4.69) is 15.6 Å². The van der Waals surface area contributed by atoms with Crippen molar-refractivity contribution in [2.45, 2.75) is 32.7 Å². The molecule has 1 saturated carbocycles. The smallest absolute Gasteiger partial charge is 0.251 e. The number of nitrogens with zero attached hydrogens (tertiary/aromatic N) is 1. The van der Waals surface area contributed by atoms with Crippen LogP contribution < -0.4 is 10.6 Å². The Morgan fingerprint density at radius 2 is 1.87 bits per heavy atom. The fraction of sp³-hybridized carbons (Fsp3) is 0.208. The molecule has 6 nitrogen and oxygen atoms in total. The third-order valence-electron chi connectivity index (χ3n) is 4.92. The standard InChI is InChI=1S/C24H23N3O3/c1-15-16(2)30-24(25-15)19-4-3-5-21(14-19)26-22(28)13-8-17-6-9-18(10-7-17)23(29)27-20-11-12-20/h3-10,13-14,20H,11-12H2,1-2H3,(H,26,28)(H,27,29)/b13-8+. The van der Waals surface area contributed by atoms with Crippen LogP contribution in [0.2, 0.25) is 0 Å². The van der Waals surface area contributed by atoms with Crippen molar-refractivity contribution in [2.24, 2.45) is 0 Å². The molecule has 0 aliphatic heterocycles. The zero-order valence-corrected chi connectivity index (χ0v) is 16.9. The van der Waals surface area contributed by atoms with Gasteiger partial charge in [0.25, 0.3) is 5.91 Å². The van der Waals surface area contributed by atoms with Crippen LogP contribution in [0, 0.1) is 13.8 Å². The van der Waals surface area contributed by atoms with Crippen LogP contribution >= 0.6 is 0 Å². The Hall–Kier alpha value is -3.67. The Labute approximate surface area is 175 Å². The number of aromatic nitrogens is 1. The van der Waals surface area contributed by atoms with E-state index in [1.807, 2.05) is 50.2 Å². The Balaban J connectivity index is 1.37. The first-order valence-electron chi connectivity index (χ1n) is 9.92. The molecular weight excluding hydrogens is 378 g/mol. The van der Waals surface area contributed by atoms with Crippen LogP contribution in [0.1, 0.15) is 40.2 Å². The summed E-state index contributed by atoms with van der Waals surface area (Å²) >= 11 is 0.